The molecule has 4 aromatic rings. The van der Waals surface area contributed by atoms with E-state index in [4.69, 9.17) is 10.00 Å². The van der Waals surface area contributed by atoms with Gasteiger partial charge in [0.1, 0.15) is 12.7 Å². The summed E-state index contributed by atoms with van der Waals surface area (Å²) in [6.07, 6.45) is 2.50. The quantitative estimate of drug-likeness (QED) is 0.286. The molecule has 0 saturated carbocycles. The zero-order chi connectivity index (χ0) is 26.5. The second-order valence-corrected chi connectivity index (χ2v) is 9.32. The third-order valence-corrected chi connectivity index (χ3v) is 6.52. The van der Waals surface area contributed by atoms with Gasteiger partial charge in [-0.3, -0.25) is 9.67 Å². The van der Waals surface area contributed by atoms with Crippen molar-refractivity contribution in [3.8, 4) is 11.8 Å². The molecule has 2 aromatic carbocycles. The molecular weight excluding hydrogens is 497 g/mol. The monoisotopic (exact) mass is 524 g/mol. The van der Waals surface area contributed by atoms with Crippen molar-refractivity contribution in [3.05, 3.63) is 65.9 Å². The number of H-pyrrole nitrogens is 1. The molecule has 0 spiro atoms. The number of nitrogens with zero attached hydrogens (tertiary/aromatic N) is 6. The van der Waals surface area contributed by atoms with E-state index in [-0.39, 0.29) is 12.5 Å². The van der Waals surface area contributed by atoms with Crippen LogP contribution in [0.2, 0.25) is 0 Å². The van der Waals surface area contributed by atoms with E-state index >= 15 is 0 Å². The van der Waals surface area contributed by atoms with Gasteiger partial charge < -0.3 is 15.0 Å². The molecule has 9 nitrogen and oxygen atoms in total. The molecule has 0 bridgehead atoms. The molecule has 1 fully saturated rings. The maximum Gasteiger partial charge on any atom is 0.416 e. The third-order valence-electron chi connectivity index (χ3n) is 6.52. The van der Waals surface area contributed by atoms with Gasteiger partial charge in [0, 0.05) is 31.6 Å². The first-order chi connectivity index (χ1) is 18.4. The fourth-order valence-electron chi connectivity index (χ4n) is 4.56. The summed E-state index contributed by atoms with van der Waals surface area (Å²) < 4.78 is 47.3. The van der Waals surface area contributed by atoms with E-state index in [1.807, 2.05) is 22.9 Å². The Hall–Kier alpha value is -3.95. The second-order valence-electron chi connectivity index (χ2n) is 9.32. The lowest BCUT2D eigenvalue weighted by Gasteiger charge is -2.41. The fraction of sp³-hybridized carbons (Fsp3) is 0.385. The van der Waals surface area contributed by atoms with E-state index in [1.54, 1.807) is 18.7 Å². The number of anilines is 1. The maximum atomic E-state index is 13.1. The highest BCUT2D eigenvalue weighted by Crippen LogP contribution is 2.33. The number of aromatic nitrogens is 5. The molecular formula is C26H27F3N8O. The van der Waals surface area contributed by atoms with Crippen LogP contribution in [0.4, 0.5) is 18.9 Å². The smallest absolute Gasteiger partial charge is 0.375 e. The van der Waals surface area contributed by atoms with Crippen molar-refractivity contribution in [1.82, 2.24) is 30.3 Å². The van der Waals surface area contributed by atoms with Gasteiger partial charge in [-0.1, -0.05) is 6.07 Å². The minimum Gasteiger partial charge on any atom is -0.375 e. The SMILES string of the molecule is N#CCc1cc(CNCCCCOC2CN(c3cc(-n4cnnc4)cc4[nH]ncc34)C2)cc(C(F)(F)F)c1. The van der Waals surface area contributed by atoms with Crippen molar-refractivity contribution in [1.29, 1.82) is 5.26 Å². The summed E-state index contributed by atoms with van der Waals surface area (Å²) in [5.41, 5.74) is 3.15. The van der Waals surface area contributed by atoms with E-state index in [2.05, 4.69) is 36.7 Å². The van der Waals surface area contributed by atoms with Crippen molar-refractivity contribution in [2.45, 2.75) is 38.1 Å². The van der Waals surface area contributed by atoms with Gasteiger partial charge in [0.05, 0.1) is 47.2 Å². The van der Waals surface area contributed by atoms with E-state index in [0.717, 1.165) is 60.3 Å². The first kappa shape index (κ1) is 25.7. The van der Waals surface area contributed by atoms with Crippen molar-refractivity contribution in [3.63, 3.8) is 0 Å². The predicted molar refractivity (Wildman–Crippen MR) is 135 cm³/mol. The van der Waals surface area contributed by atoms with Gasteiger partial charge in [-0.05, 0) is 54.8 Å². The Morgan fingerprint density at radius 1 is 1.08 bits per heavy atom. The van der Waals surface area contributed by atoms with Gasteiger partial charge >= 0.3 is 6.18 Å². The summed E-state index contributed by atoms with van der Waals surface area (Å²) in [5.74, 6) is 0. The molecule has 2 N–H and O–H groups in total. The zero-order valence-corrected chi connectivity index (χ0v) is 20.6. The number of hydrogen-bond acceptors (Lipinski definition) is 7. The van der Waals surface area contributed by atoms with Crippen LogP contribution in [0.15, 0.2) is 49.2 Å². The van der Waals surface area contributed by atoms with Crippen molar-refractivity contribution >= 4 is 16.6 Å². The van der Waals surface area contributed by atoms with Crippen LogP contribution in [-0.4, -0.2) is 57.3 Å². The average Bonchev–Trinajstić information content (AvgIpc) is 3.56. The summed E-state index contributed by atoms with van der Waals surface area (Å²) in [4.78, 5) is 2.26. The van der Waals surface area contributed by atoms with Crippen molar-refractivity contribution < 1.29 is 17.9 Å². The number of halogens is 3. The van der Waals surface area contributed by atoms with Gasteiger partial charge in [0.15, 0.2) is 0 Å². The summed E-state index contributed by atoms with van der Waals surface area (Å²) >= 11 is 0. The van der Waals surface area contributed by atoms with Crippen LogP contribution in [0.25, 0.3) is 16.6 Å². The number of benzene rings is 2. The Labute approximate surface area is 217 Å². The molecule has 198 valence electrons. The molecule has 0 atom stereocenters. The number of aromatic amines is 1. The molecule has 0 amide bonds. The minimum absolute atomic E-state index is 0.0483. The molecule has 2 aromatic heterocycles. The topological polar surface area (TPSA) is 108 Å². The first-order valence-electron chi connectivity index (χ1n) is 12.4. The van der Waals surface area contributed by atoms with Gasteiger partial charge in [-0.2, -0.15) is 23.5 Å². The summed E-state index contributed by atoms with van der Waals surface area (Å²) in [5, 5.41) is 28.1. The van der Waals surface area contributed by atoms with Gasteiger partial charge in [-0.25, -0.2) is 0 Å². The highest BCUT2D eigenvalue weighted by atomic mass is 19.4. The highest BCUT2D eigenvalue weighted by Gasteiger charge is 2.31. The number of fused-ring (bicyclic) bond motifs is 1. The molecule has 0 aliphatic carbocycles. The standard InChI is InChI=1S/C26H27F3N8O/c27-26(28,29)20-8-18(3-4-30)7-19(9-20)12-31-5-1-2-6-38-22-14-36(15-22)25-11-21(37-16-33-34-17-37)10-24-23(25)13-32-35-24/h7-11,13,16-17,22,31H,1-3,5-6,12,14-15H2,(H,32,35). The van der Waals surface area contributed by atoms with Crippen LogP contribution >= 0.6 is 0 Å². The van der Waals surface area contributed by atoms with Crippen LogP contribution < -0.4 is 10.2 Å². The van der Waals surface area contributed by atoms with E-state index < -0.39 is 11.7 Å². The largest absolute Gasteiger partial charge is 0.416 e. The normalized spacial score (nSPS) is 14.1. The first-order valence-corrected chi connectivity index (χ1v) is 12.4. The average molecular weight is 525 g/mol. The Morgan fingerprint density at radius 3 is 2.63 bits per heavy atom. The number of rotatable bonds is 11. The molecule has 38 heavy (non-hydrogen) atoms. The lowest BCUT2D eigenvalue weighted by molar-refractivity contribution is -0.137. The molecule has 3 heterocycles. The molecule has 1 aliphatic heterocycles. The van der Waals surface area contributed by atoms with E-state index in [0.29, 0.717) is 30.8 Å². The van der Waals surface area contributed by atoms with Crippen LogP contribution in [-0.2, 0) is 23.9 Å². The van der Waals surface area contributed by atoms with Gasteiger partial charge in [0.25, 0.3) is 0 Å². The number of ether oxygens (including phenoxy) is 1. The summed E-state index contributed by atoms with van der Waals surface area (Å²) in [7, 11) is 0. The number of alkyl halides is 3. The summed E-state index contributed by atoms with van der Waals surface area (Å²) in [6.45, 7) is 3.17. The number of unbranched alkanes of at least 4 members (excludes halogenated alkanes) is 1. The second kappa shape index (κ2) is 11.2. The Kier molecular flexibility index (Phi) is 7.57. The highest BCUT2D eigenvalue weighted by molar-refractivity contribution is 5.93. The number of nitriles is 1. The maximum absolute atomic E-state index is 13.1. The van der Waals surface area contributed by atoms with Crippen LogP contribution in [0, 0.1) is 11.3 Å². The Bertz CT molecular complexity index is 1400. The predicted octanol–water partition coefficient (Wildman–Crippen LogP) is 4.00. The lowest BCUT2D eigenvalue weighted by atomic mass is 10.0. The number of hydrogen-bond donors (Lipinski definition) is 2. The third kappa shape index (κ3) is 5.95. The number of nitrogens with one attached hydrogen (secondary N) is 2. The molecule has 1 aliphatic rings. The van der Waals surface area contributed by atoms with Gasteiger partial charge in [-0.15, -0.1) is 10.2 Å². The molecule has 0 unspecified atom stereocenters. The molecule has 0 radical (unpaired) electrons. The van der Waals surface area contributed by atoms with Crippen LogP contribution in [0.5, 0.6) is 0 Å². The van der Waals surface area contributed by atoms with E-state index in [9.17, 15) is 13.2 Å². The van der Waals surface area contributed by atoms with Crippen LogP contribution in [0.3, 0.4) is 0 Å². The van der Waals surface area contributed by atoms with Gasteiger partial charge in [0.2, 0.25) is 0 Å². The van der Waals surface area contributed by atoms with Crippen molar-refractivity contribution in [2.75, 3.05) is 31.1 Å². The van der Waals surface area contributed by atoms with Crippen molar-refractivity contribution in [2.24, 2.45) is 0 Å². The van der Waals surface area contributed by atoms with E-state index in [1.165, 1.54) is 0 Å². The van der Waals surface area contributed by atoms with Crippen LogP contribution in [0.1, 0.15) is 29.5 Å². The molecule has 12 heteroatoms. The fourth-order valence-corrected chi connectivity index (χ4v) is 4.56. The lowest BCUT2D eigenvalue weighted by Crippen LogP contribution is -2.52. The molecule has 5 rings (SSSR count). The zero-order valence-electron chi connectivity index (χ0n) is 20.6. The minimum atomic E-state index is -4.43. The Morgan fingerprint density at radius 2 is 1.87 bits per heavy atom. The molecule has 1 saturated heterocycles. The Balaban J connectivity index is 1.04. The summed E-state index contributed by atoms with van der Waals surface area (Å²) in [6, 6.07) is 9.84.